The highest BCUT2D eigenvalue weighted by atomic mass is 32.2. The van der Waals surface area contributed by atoms with Crippen molar-refractivity contribution in [2.75, 3.05) is 5.75 Å². The lowest BCUT2D eigenvalue weighted by atomic mass is 10.1. The second-order valence-corrected chi connectivity index (χ2v) is 7.50. The Bertz CT molecular complexity index is 1140. The summed E-state index contributed by atoms with van der Waals surface area (Å²) in [4.78, 5) is 5.74. The quantitative estimate of drug-likeness (QED) is 0.526. The molecule has 10 heteroatoms. The van der Waals surface area contributed by atoms with Gasteiger partial charge in [0.05, 0.1) is 12.6 Å². The fourth-order valence-electron chi connectivity index (χ4n) is 3.18. The zero-order valence-corrected chi connectivity index (χ0v) is 15.7. The Hall–Kier alpha value is -3.14. The van der Waals surface area contributed by atoms with Crippen molar-refractivity contribution in [1.82, 2.24) is 40.0 Å². The molecule has 1 aliphatic rings. The van der Waals surface area contributed by atoms with Crippen LogP contribution in [0.15, 0.2) is 47.9 Å². The Morgan fingerprint density at radius 2 is 2.11 bits per heavy atom. The van der Waals surface area contributed by atoms with Crippen LogP contribution in [0.25, 0.3) is 22.8 Å². The fraction of sp³-hybridized carbons (Fsp3) is 0.222. The zero-order chi connectivity index (χ0) is 19.1. The Balaban J connectivity index is 1.42. The summed E-state index contributed by atoms with van der Waals surface area (Å²) in [6.07, 6.45) is 3.51. The molecule has 0 bridgehead atoms. The third-order valence-corrected chi connectivity index (χ3v) is 5.69. The van der Waals surface area contributed by atoms with Gasteiger partial charge in [0.2, 0.25) is 5.82 Å². The van der Waals surface area contributed by atoms with Crippen molar-refractivity contribution < 1.29 is 4.39 Å². The van der Waals surface area contributed by atoms with Gasteiger partial charge in [0, 0.05) is 29.3 Å². The van der Waals surface area contributed by atoms with E-state index in [0.29, 0.717) is 17.9 Å². The first-order valence-corrected chi connectivity index (χ1v) is 9.70. The lowest BCUT2D eigenvalue weighted by Crippen LogP contribution is -2.17. The standard InChI is InChI=1S/C18H15FN8S/c1-11-7-12(4-5-15(11)19)16-21-25-26(24-16)9-14-10-28-18-23-22-17(27(14)18)13-3-2-6-20-8-13/h2-8,14H,9-10H2,1H3. The van der Waals surface area contributed by atoms with Gasteiger partial charge in [-0.15, -0.1) is 20.4 Å². The molecule has 0 saturated carbocycles. The molecule has 8 nitrogen and oxygen atoms in total. The summed E-state index contributed by atoms with van der Waals surface area (Å²) in [5.74, 6) is 1.87. The number of nitrogens with zero attached hydrogens (tertiary/aromatic N) is 8. The highest BCUT2D eigenvalue weighted by molar-refractivity contribution is 7.99. The van der Waals surface area contributed by atoms with Crippen LogP contribution in [0.4, 0.5) is 4.39 Å². The van der Waals surface area contributed by atoms with Crippen molar-refractivity contribution in [3.8, 4) is 22.8 Å². The first kappa shape index (κ1) is 17.0. The Labute approximate surface area is 163 Å². The van der Waals surface area contributed by atoms with Crippen molar-refractivity contribution in [2.45, 2.75) is 24.7 Å². The van der Waals surface area contributed by atoms with Crippen LogP contribution in [0.2, 0.25) is 0 Å². The fourth-order valence-corrected chi connectivity index (χ4v) is 4.25. The van der Waals surface area contributed by atoms with Gasteiger partial charge >= 0.3 is 0 Å². The maximum Gasteiger partial charge on any atom is 0.204 e. The van der Waals surface area contributed by atoms with Crippen LogP contribution in [0, 0.1) is 12.7 Å². The summed E-state index contributed by atoms with van der Waals surface area (Å²) in [5, 5.41) is 22.2. The molecule has 0 radical (unpaired) electrons. The van der Waals surface area contributed by atoms with E-state index in [1.807, 2.05) is 12.1 Å². The highest BCUT2D eigenvalue weighted by Gasteiger charge is 2.29. The summed E-state index contributed by atoms with van der Waals surface area (Å²) in [5.41, 5.74) is 2.21. The van der Waals surface area contributed by atoms with Crippen LogP contribution in [-0.2, 0) is 6.54 Å². The number of halogens is 1. The molecule has 28 heavy (non-hydrogen) atoms. The van der Waals surface area contributed by atoms with E-state index < -0.39 is 0 Å². The van der Waals surface area contributed by atoms with Gasteiger partial charge in [-0.25, -0.2) is 4.39 Å². The number of hydrogen-bond acceptors (Lipinski definition) is 7. The van der Waals surface area contributed by atoms with Crippen molar-refractivity contribution in [2.24, 2.45) is 0 Å². The van der Waals surface area contributed by atoms with E-state index in [-0.39, 0.29) is 11.9 Å². The number of thioether (sulfide) groups is 1. The van der Waals surface area contributed by atoms with E-state index in [4.69, 9.17) is 0 Å². The molecule has 3 aromatic heterocycles. The number of rotatable bonds is 4. The van der Waals surface area contributed by atoms with E-state index in [1.165, 1.54) is 6.07 Å². The number of aromatic nitrogens is 8. The summed E-state index contributed by atoms with van der Waals surface area (Å²) in [7, 11) is 0. The van der Waals surface area contributed by atoms with Crippen molar-refractivity contribution in [3.63, 3.8) is 0 Å². The highest BCUT2D eigenvalue weighted by Crippen LogP contribution is 2.36. The second kappa shape index (κ2) is 6.79. The van der Waals surface area contributed by atoms with Gasteiger partial charge in [0.15, 0.2) is 11.0 Å². The van der Waals surface area contributed by atoms with Crippen LogP contribution in [0.5, 0.6) is 0 Å². The molecule has 4 heterocycles. The van der Waals surface area contributed by atoms with E-state index in [2.05, 4.69) is 35.2 Å². The van der Waals surface area contributed by atoms with Crippen LogP contribution in [-0.4, -0.2) is 45.7 Å². The van der Waals surface area contributed by atoms with Gasteiger partial charge in [-0.05, 0) is 48.0 Å². The minimum atomic E-state index is -0.248. The lowest BCUT2D eigenvalue weighted by Gasteiger charge is -2.13. The molecule has 0 saturated heterocycles. The maximum atomic E-state index is 13.5. The molecule has 0 aliphatic carbocycles. The number of hydrogen-bond donors (Lipinski definition) is 0. The third kappa shape index (κ3) is 2.95. The van der Waals surface area contributed by atoms with E-state index in [0.717, 1.165) is 27.9 Å². The molecule has 4 aromatic rings. The van der Waals surface area contributed by atoms with Crippen LogP contribution in [0.1, 0.15) is 11.6 Å². The molecule has 0 N–H and O–H groups in total. The Morgan fingerprint density at radius 3 is 2.93 bits per heavy atom. The molecule has 1 unspecified atom stereocenters. The van der Waals surface area contributed by atoms with E-state index in [1.54, 1.807) is 48.0 Å². The second-order valence-electron chi connectivity index (χ2n) is 6.51. The van der Waals surface area contributed by atoms with Gasteiger partial charge in [-0.3, -0.25) is 9.55 Å². The number of tetrazole rings is 1. The molecule has 1 atom stereocenters. The third-order valence-electron chi connectivity index (χ3n) is 4.60. The minimum Gasteiger partial charge on any atom is -0.296 e. The van der Waals surface area contributed by atoms with Gasteiger partial charge in [0.1, 0.15) is 5.82 Å². The van der Waals surface area contributed by atoms with Gasteiger partial charge in [-0.1, -0.05) is 11.8 Å². The number of aryl methyl sites for hydroxylation is 1. The predicted molar refractivity (Wildman–Crippen MR) is 101 cm³/mol. The summed E-state index contributed by atoms with van der Waals surface area (Å²) in [6.45, 7) is 2.25. The Kier molecular flexibility index (Phi) is 4.12. The van der Waals surface area contributed by atoms with Crippen molar-refractivity contribution in [3.05, 3.63) is 54.1 Å². The summed E-state index contributed by atoms with van der Waals surface area (Å²) >= 11 is 1.66. The molecule has 0 amide bonds. The first-order valence-electron chi connectivity index (χ1n) is 8.71. The largest absolute Gasteiger partial charge is 0.296 e. The van der Waals surface area contributed by atoms with E-state index in [9.17, 15) is 4.39 Å². The molecule has 0 fully saturated rings. The average Bonchev–Trinajstić information content (AvgIpc) is 3.43. The molecule has 5 rings (SSSR count). The van der Waals surface area contributed by atoms with Crippen LogP contribution in [0.3, 0.4) is 0 Å². The summed E-state index contributed by atoms with van der Waals surface area (Å²) in [6, 6.07) is 8.75. The zero-order valence-electron chi connectivity index (χ0n) is 14.9. The topological polar surface area (TPSA) is 87.2 Å². The lowest BCUT2D eigenvalue weighted by molar-refractivity contribution is 0.399. The summed E-state index contributed by atoms with van der Waals surface area (Å²) < 4.78 is 15.6. The monoisotopic (exact) mass is 394 g/mol. The molecule has 1 aromatic carbocycles. The normalized spacial score (nSPS) is 15.7. The van der Waals surface area contributed by atoms with E-state index >= 15 is 0 Å². The first-order chi connectivity index (χ1) is 13.7. The molecular weight excluding hydrogens is 379 g/mol. The molecule has 140 valence electrons. The number of fused-ring (bicyclic) bond motifs is 1. The maximum absolute atomic E-state index is 13.5. The van der Waals surface area contributed by atoms with Crippen molar-refractivity contribution >= 4 is 11.8 Å². The van der Waals surface area contributed by atoms with Gasteiger partial charge in [-0.2, -0.15) is 4.80 Å². The molecule has 1 aliphatic heterocycles. The van der Waals surface area contributed by atoms with Gasteiger partial charge < -0.3 is 0 Å². The van der Waals surface area contributed by atoms with Crippen LogP contribution >= 0.6 is 11.8 Å². The average molecular weight is 394 g/mol. The molecule has 0 spiro atoms. The smallest absolute Gasteiger partial charge is 0.204 e. The Morgan fingerprint density at radius 1 is 1.18 bits per heavy atom. The number of pyridine rings is 1. The molecular formula is C18H15FN8S. The SMILES string of the molecule is Cc1cc(-c2nnn(CC3CSc4nnc(-c5cccnc5)n43)n2)ccc1F. The van der Waals surface area contributed by atoms with Crippen LogP contribution < -0.4 is 0 Å². The van der Waals surface area contributed by atoms with Gasteiger partial charge in [0.25, 0.3) is 0 Å². The van der Waals surface area contributed by atoms with Crippen molar-refractivity contribution in [1.29, 1.82) is 0 Å². The number of benzene rings is 1. The minimum absolute atomic E-state index is 0.0993. The predicted octanol–water partition coefficient (Wildman–Crippen LogP) is 2.79.